The number of carbonyl (C=O) groups excluding carboxylic acids is 2. The standard InChI is InChI=1S/C24H24ClNO4/c1-15-2-8-18(9-3-15)26-23(27)14-29-19-10-11-20-22(12-19)30-13-21(24(20)28)16-4-6-17(25)7-5-16/h2-9,13,19-20,22H,10-12,14H2,1H3,(H,26,27). The first kappa shape index (κ1) is 20.6. The van der Waals surface area contributed by atoms with E-state index in [9.17, 15) is 9.59 Å². The van der Waals surface area contributed by atoms with Crippen LogP contribution in [0.3, 0.4) is 0 Å². The number of Topliss-reactive ketones (excluding diaryl/α,β-unsaturated/α-hetero) is 1. The lowest BCUT2D eigenvalue weighted by Gasteiger charge is -2.37. The molecule has 1 aliphatic carbocycles. The Balaban J connectivity index is 1.31. The molecule has 0 bridgehead atoms. The predicted octanol–water partition coefficient (Wildman–Crippen LogP) is 4.78. The van der Waals surface area contributed by atoms with Crippen LogP contribution in [-0.4, -0.2) is 30.5 Å². The van der Waals surface area contributed by atoms with Gasteiger partial charge in [0.15, 0.2) is 5.78 Å². The van der Waals surface area contributed by atoms with E-state index in [4.69, 9.17) is 21.1 Å². The van der Waals surface area contributed by atoms with Crippen LogP contribution in [0.2, 0.25) is 5.02 Å². The molecule has 4 rings (SSSR count). The minimum atomic E-state index is -0.215. The molecule has 3 unspecified atom stereocenters. The van der Waals surface area contributed by atoms with Gasteiger partial charge in [-0.25, -0.2) is 0 Å². The normalized spacial score (nSPS) is 23.2. The maximum absolute atomic E-state index is 13.0. The zero-order valence-corrected chi connectivity index (χ0v) is 17.5. The van der Waals surface area contributed by atoms with Crippen LogP contribution in [0, 0.1) is 12.8 Å². The molecule has 0 saturated heterocycles. The fourth-order valence-corrected chi connectivity index (χ4v) is 4.10. The highest BCUT2D eigenvalue weighted by Crippen LogP contribution is 2.37. The number of ketones is 1. The van der Waals surface area contributed by atoms with Crippen molar-refractivity contribution in [1.29, 1.82) is 0 Å². The largest absolute Gasteiger partial charge is 0.496 e. The summed E-state index contributed by atoms with van der Waals surface area (Å²) in [6, 6.07) is 14.8. The summed E-state index contributed by atoms with van der Waals surface area (Å²) in [6.45, 7) is 1.98. The van der Waals surface area contributed by atoms with Gasteiger partial charge in [0, 0.05) is 17.1 Å². The predicted molar refractivity (Wildman–Crippen MR) is 116 cm³/mol. The van der Waals surface area contributed by atoms with E-state index in [0.29, 0.717) is 23.4 Å². The summed E-state index contributed by atoms with van der Waals surface area (Å²) in [7, 11) is 0. The van der Waals surface area contributed by atoms with Gasteiger partial charge in [-0.15, -0.1) is 0 Å². The zero-order valence-electron chi connectivity index (χ0n) is 16.8. The highest BCUT2D eigenvalue weighted by Gasteiger charge is 2.40. The van der Waals surface area contributed by atoms with Crippen molar-refractivity contribution in [2.24, 2.45) is 5.92 Å². The SMILES string of the molecule is Cc1ccc(NC(=O)COC2CCC3C(=O)C(c4ccc(Cl)cc4)=COC3C2)cc1. The summed E-state index contributed by atoms with van der Waals surface area (Å²) >= 11 is 5.94. The maximum atomic E-state index is 13.0. The van der Waals surface area contributed by atoms with Gasteiger partial charge in [-0.1, -0.05) is 41.4 Å². The number of halogens is 1. The van der Waals surface area contributed by atoms with Crippen molar-refractivity contribution < 1.29 is 19.1 Å². The van der Waals surface area contributed by atoms with Gasteiger partial charge in [-0.3, -0.25) is 9.59 Å². The Bertz CT molecular complexity index is 952. The van der Waals surface area contributed by atoms with E-state index in [0.717, 1.165) is 23.2 Å². The third kappa shape index (κ3) is 4.74. The Morgan fingerprint density at radius 2 is 1.87 bits per heavy atom. The van der Waals surface area contributed by atoms with Crippen molar-refractivity contribution in [1.82, 2.24) is 0 Å². The second-order valence-corrected chi connectivity index (χ2v) is 8.28. The van der Waals surface area contributed by atoms with Gasteiger partial charge in [-0.05, 0) is 49.6 Å². The maximum Gasteiger partial charge on any atom is 0.250 e. The lowest BCUT2D eigenvalue weighted by molar-refractivity contribution is -0.132. The van der Waals surface area contributed by atoms with E-state index in [1.165, 1.54) is 0 Å². The number of ether oxygens (including phenoxy) is 2. The fourth-order valence-electron chi connectivity index (χ4n) is 3.97. The van der Waals surface area contributed by atoms with Crippen LogP contribution in [0.4, 0.5) is 5.69 Å². The molecule has 1 N–H and O–H groups in total. The number of fused-ring (bicyclic) bond motifs is 1. The highest BCUT2D eigenvalue weighted by atomic mass is 35.5. The van der Waals surface area contributed by atoms with E-state index in [-0.39, 0.29) is 36.4 Å². The fraction of sp³-hybridized carbons (Fsp3) is 0.333. The second-order valence-electron chi connectivity index (χ2n) is 7.84. The molecule has 3 atom stereocenters. The first-order chi connectivity index (χ1) is 14.5. The molecule has 1 aliphatic heterocycles. The average Bonchev–Trinajstić information content (AvgIpc) is 2.75. The number of benzene rings is 2. The summed E-state index contributed by atoms with van der Waals surface area (Å²) in [5, 5.41) is 3.46. The highest BCUT2D eigenvalue weighted by molar-refractivity contribution is 6.30. The van der Waals surface area contributed by atoms with Gasteiger partial charge >= 0.3 is 0 Å². The minimum absolute atomic E-state index is 0.0181. The topological polar surface area (TPSA) is 64.6 Å². The van der Waals surface area contributed by atoms with Crippen LogP contribution in [-0.2, 0) is 19.1 Å². The Labute approximate surface area is 181 Å². The molecule has 2 aromatic carbocycles. The monoisotopic (exact) mass is 425 g/mol. The average molecular weight is 426 g/mol. The van der Waals surface area contributed by atoms with Crippen molar-refractivity contribution in [3.63, 3.8) is 0 Å². The summed E-state index contributed by atoms with van der Waals surface area (Å²) in [5.41, 5.74) is 3.29. The minimum Gasteiger partial charge on any atom is -0.496 e. The van der Waals surface area contributed by atoms with Gasteiger partial charge in [0.25, 0.3) is 0 Å². The molecule has 156 valence electrons. The molecule has 2 aliphatic rings. The number of aryl methyl sites for hydroxylation is 1. The molecule has 2 aromatic rings. The molecule has 6 heteroatoms. The molecule has 5 nitrogen and oxygen atoms in total. The lowest BCUT2D eigenvalue weighted by Crippen LogP contribution is -2.42. The number of allylic oxidation sites excluding steroid dienone is 1. The number of nitrogens with one attached hydrogen (secondary N) is 1. The summed E-state index contributed by atoms with van der Waals surface area (Å²) in [4.78, 5) is 25.1. The Morgan fingerprint density at radius 3 is 2.60 bits per heavy atom. The molecule has 30 heavy (non-hydrogen) atoms. The molecule has 0 radical (unpaired) electrons. The van der Waals surface area contributed by atoms with Crippen LogP contribution in [0.5, 0.6) is 0 Å². The van der Waals surface area contributed by atoms with Crippen LogP contribution in [0.1, 0.15) is 30.4 Å². The quantitative estimate of drug-likeness (QED) is 0.748. The van der Waals surface area contributed by atoms with E-state index in [2.05, 4.69) is 5.32 Å². The molecule has 0 aromatic heterocycles. The zero-order chi connectivity index (χ0) is 21.1. The summed E-state index contributed by atoms with van der Waals surface area (Å²) < 4.78 is 11.7. The number of amides is 1. The third-order valence-corrected chi connectivity index (χ3v) is 5.90. The Kier molecular flexibility index (Phi) is 6.21. The van der Waals surface area contributed by atoms with E-state index in [1.807, 2.05) is 43.3 Å². The third-order valence-electron chi connectivity index (χ3n) is 5.65. The summed E-state index contributed by atoms with van der Waals surface area (Å²) in [5.74, 6) is -0.266. The number of hydrogen-bond donors (Lipinski definition) is 1. The Hall–Kier alpha value is -2.63. The molecule has 0 spiro atoms. The molecule has 1 heterocycles. The van der Waals surface area contributed by atoms with Crippen molar-refractivity contribution in [2.75, 3.05) is 11.9 Å². The number of anilines is 1. The number of rotatable bonds is 5. The first-order valence-electron chi connectivity index (χ1n) is 10.1. The van der Waals surface area contributed by atoms with Gasteiger partial charge in [-0.2, -0.15) is 0 Å². The molecule has 1 saturated carbocycles. The molecule has 1 amide bonds. The van der Waals surface area contributed by atoms with E-state index in [1.54, 1.807) is 18.4 Å². The molecular weight excluding hydrogens is 402 g/mol. The van der Waals surface area contributed by atoms with Crippen LogP contribution in [0.15, 0.2) is 54.8 Å². The van der Waals surface area contributed by atoms with Gasteiger partial charge in [0.05, 0.1) is 23.9 Å². The van der Waals surface area contributed by atoms with Crippen LogP contribution >= 0.6 is 11.6 Å². The second kappa shape index (κ2) is 9.02. The number of hydrogen-bond acceptors (Lipinski definition) is 4. The van der Waals surface area contributed by atoms with E-state index >= 15 is 0 Å². The molecule has 1 fully saturated rings. The van der Waals surface area contributed by atoms with Crippen LogP contribution < -0.4 is 5.32 Å². The van der Waals surface area contributed by atoms with Crippen LogP contribution in [0.25, 0.3) is 5.57 Å². The van der Waals surface area contributed by atoms with Gasteiger partial charge < -0.3 is 14.8 Å². The van der Waals surface area contributed by atoms with E-state index < -0.39 is 0 Å². The molecular formula is C24H24ClNO4. The smallest absolute Gasteiger partial charge is 0.250 e. The van der Waals surface area contributed by atoms with Crippen molar-refractivity contribution >= 4 is 34.6 Å². The Morgan fingerprint density at radius 1 is 1.13 bits per heavy atom. The number of carbonyl (C=O) groups is 2. The van der Waals surface area contributed by atoms with Crippen molar-refractivity contribution in [2.45, 2.75) is 38.4 Å². The summed E-state index contributed by atoms with van der Waals surface area (Å²) in [6.07, 6.45) is 3.24. The van der Waals surface area contributed by atoms with Crippen molar-refractivity contribution in [3.8, 4) is 0 Å². The van der Waals surface area contributed by atoms with Crippen molar-refractivity contribution in [3.05, 3.63) is 70.9 Å². The lowest BCUT2D eigenvalue weighted by atomic mass is 9.78. The van der Waals surface area contributed by atoms with Gasteiger partial charge in [0.2, 0.25) is 5.91 Å². The first-order valence-corrected chi connectivity index (χ1v) is 10.5. The van der Waals surface area contributed by atoms with Gasteiger partial charge in [0.1, 0.15) is 12.7 Å².